The van der Waals surface area contributed by atoms with Gasteiger partial charge in [-0.3, -0.25) is 5.41 Å². The number of aliphatic imine (C=N–C) groups is 1. The lowest BCUT2D eigenvalue weighted by atomic mass is 10.0. The van der Waals surface area contributed by atoms with Crippen molar-refractivity contribution in [2.45, 2.75) is 38.8 Å². The van der Waals surface area contributed by atoms with Gasteiger partial charge in [0, 0.05) is 36.1 Å². The molecule has 0 bridgehead atoms. The Morgan fingerprint density at radius 2 is 2.00 bits per heavy atom. The Kier molecular flexibility index (Phi) is 5.29. The van der Waals surface area contributed by atoms with Gasteiger partial charge in [-0.25, -0.2) is 9.56 Å². The van der Waals surface area contributed by atoms with E-state index in [0.717, 1.165) is 43.1 Å². The van der Waals surface area contributed by atoms with Crippen LogP contribution in [0.5, 0.6) is 5.75 Å². The Balaban J connectivity index is 1.51. The Labute approximate surface area is 171 Å². The summed E-state index contributed by atoms with van der Waals surface area (Å²) in [5.41, 5.74) is 8.58. The molecule has 3 N–H and O–H groups in total. The Bertz CT molecular complexity index is 973. The van der Waals surface area contributed by atoms with Crippen LogP contribution in [0.1, 0.15) is 37.8 Å². The molecule has 1 aromatic carbocycles. The molecular formula is C22H27N6O+. The molecular weight excluding hydrogens is 364 g/mol. The summed E-state index contributed by atoms with van der Waals surface area (Å²) in [6, 6.07) is 9.84. The number of ether oxygens (including phenoxy) is 1. The number of nitrogens with two attached hydrogens (primary N) is 1. The number of benzene rings is 1. The Morgan fingerprint density at radius 3 is 2.66 bits per heavy atom. The molecule has 29 heavy (non-hydrogen) atoms. The standard InChI is InChI=1S/C22H27N6O/c1-15(2)29-18-3-4-20(23)19(12-18)22(24)16-5-8-26-21(11-16)27-9-6-17(7-10-27)28-13-25-14-28/h3-5,8,11-15,17,24H,6-7,9-10,23H2,1-2H3/q+1. The highest BCUT2D eigenvalue weighted by atomic mass is 16.5. The summed E-state index contributed by atoms with van der Waals surface area (Å²) in [5, 5.41) is 8.72. The summed E-state index contributed by atoms with van der Waals surface area (Å²) < 4.78 is 7.96. The highest BCUT2D eigenvalue weighted by Crippen LogP contribution is 2.26. The maximum absolute atomic E-state index is 8.72. The second-order valence-electron chi connectivity index (χ2n) is 7.74. The van der Waals surface area contributed by atoms with Gasteiger partial charge in [0.15, 0.2) is 0 Å². The molecule has 0 saturated carbocycles. The van der Waals surface area contributed by atoms with Crippen molar-refractivity contribution in [3.8, 4) is 5.75 Å². The lowest BCUT2D eigenvalue weighted by Gasteiger charge is -2.33. The summed E-state index contributed by atoms with van der Waals surface area (Å²) in [7, 11) is 0. The molecule has 0 radical (unpaired) electrons. The number of hydrogen-bond acceptors (Lipinski definition) is 6. The maximum Gasteiger partial charge on any atom is 0.228 e. The monoisotopic (exact) mass is 391 g/mol. The zero-order chi connectivity index (χ0) is 20.4. The summed E-state index contributed by atoms with van der Waals surface area (Å²) in [6.07, 6.45) is 7.74. The average Bonchev–Trinajstić information content (AvgIpc) is 2.68. The van der Waals surface area contributed by atoms with E-state index in [1.807, 2.05) is 50.8 Å². The normalized spacial score (nSPS) is 16.5. The van der Waals surface area contributed by atoms with Gasteiger partial charge in [0.1, 0.15) is 11.6 Å². The van der Waals surface area contributed by atoms with Crippen LogP contribution in [0.2, 0.25) is 0 Å². The zero-order valence-electron chi connectivity index (χ0n) is 16.9. The molecule has 2 aliphatic rings. The minimum atomic E-state index is 0.0660. The van der Waals surface area contributed by atoms with E-state index in [9.17, 15) is 0 Å². The second-order valence-corrected chi connectivity index (χ2v) is 7.74. The molecule has 3 heterocycles. The van der Waals surface area contributed by atoms with Gasteiger partial charge in [0.2, 0.25) is 12.7 Å². The van der Waals surface area contributed by atoms with Crippen LogP contribution in [0.25, 0.3) is 0 Å². The predicted octanol–water partition coefficient (Wildman–Crippen LogP) is 2.92. The van der Waals surface area contributed by atoms with E-state index >= 15 is 0 Å². The van der Waals surface area contributed by atoms with Gasteiger partial charge in [-0.05, 0) is 57.0 Å². The molecule has 2 aromatic rings. The van der Waals surface area contributed by atoms with Crippen molar-refractivity contribution in [2.24, 2.45) is 4.99 Å². The number of nitrogens with zero attached hydrogens (tertiary/aromatic N) is 4. The quantitative estimate of drug-likeness (QED) is 0.450. The first-order chi connectivity index (χ1) is 14.0. The van der Waals surface area contributed by atoms with Gasteiger partial charge < -0.3 is 15.4 Å². The molecule has 2 aliphatic heterocycles. The number of piperidine rings is 1. The van der Waals surface area contributed by atoms with Crippen molar-refractivity contribution in [1.29, 1.82) is 5.41 Å². The summed E-state index contributed by atoms with van der Waals surface area (Å²) in [4.78, 5) is 10.9. The van der Waals surface area contributed by atoms with Gasteiger partial charge >= 0.3 is 0 Å². The van der Waals surface area contributed by atoms with E-state index in [-0.39, 0.29) is 6.10 Å². The molecule has 0 unspecified atom stereocenters. The van der Waals surface area contributed by atoms with Gasteiger partial charge in [-0.1, -0.05) is 4.99 Å². The number of rotatable bonds is 6. The lowest BCUT2D eigenvalue weighted by molar-refractivity contribution is -0.455. The van der Waals surface area contributed by atoms with E-state index in [1.54, 1.807) is 12.3 Å². The molecule has 4 rings (SSSR count). The minimum absolute atomic E-state index is 0.0660. The molecule has 0 amide bonds. The highest BCUT2D eigenvalue weighted by molar-refractivity contribution is 6.14. The van der Waals surface area contributed by atoms with Crippen molar-refractivity contribution in [3.05, 3.63) is 47.7 Å². The van der Waals surface area contributed by atoms with Crippen LogP contribution in [0.4, 0.5) is 11.5 Å². The van der Waals surface area contributed by atoms with Gasteiger partial charge in [0.25, 0.3) is 0 Å². The van der Waals surface area contributed by atoms with Crippen molar-refractivity contribution < 1.29 is 9.31 Å². The Morgan fingerprint density at radius 1 is 1.24 bits per heavy atom. The first-order valence-corrected chi connectivity index (χ1v) is 10.0. The predicted molar refractivity (Wildman–Crippen MR) is 117 cm³/mol. The van der Waals surface area contributed by atoms with E-state index in [2.05, 4.69) is 19.5 Å². The minimum Gasteiger partial charge on any atom is -0.491 e. The van der Waals surface area contributed by atoms with E-state index in [0.29, 0.717) is 23.0 Å². The summed E-state index contributed by atoms with van der Waals surface area (Å²) in [6.45, 7) is 5.83. The first-order valence-electron chi connectivity index (χ1n) is 10.0. The van der Waals surface area contributed by atoms with Gasteiger partial charge in [-0.2, -0.15) is 0 Å². The molecule has 1 aromatic heterocycles. The van der Waals surface area contributed by atoms with E-state index in [1.165, 1.54) is 0 Å². The fraction of sp³-hybridized carbons (Fsp3) is 0.364. The van der Waals surface area contributed by atoms with E-state index < -0.39 is 0 Å². The first kappa shape index (κ1) is 19.1. The SMILES string of the molecule is CC(C)Oc1ccc(N)c(C(=N)c2ccnc(N3CCC([N+]4=CN=C4)CC3)c2)c1. The molecule has 150 valence electrons. The van der Waals surface area contributed by atoms with Crippen LogP contribution in [-0.4, -0.2) is 53.2 Å². The van der Waals surface area contributed by atoms with Gasteiger partial charge in [-0.15, -0.1) is 0 Å². The van der Waals surface area contributed by atoms with Crippen LogP contribution in [0, 0.1) is 5.41 Å². The number of nitrogen functional groups attached to an aromatic ring is 1. The van der Waals surface area contributed by atoms with E-state index in [4.69, 9.17) is 15.9 Å². The average molecular weight is 391 g/mol. The number of hydrogen-bond donors (Lipinski definition) is 2. The fourth-order valence-corrected chi connectivity index (χ4v) is 3.73. The zero-order valence-corrected chi connectivity index (χ0v) is 16.9. The van der Waals surface area contributed by atoms with Crippen LogP contribution >= 0.6 is 0 Å². The molecule has 0 aliphatic carbocycles. The van der Waals surface area contributed by atoms with Crippen molar-refractivity contribution in [3.63, 3.8) is 0 Å². The van der Waals surface area contributed by atoms with Crippen molar-refractivity contribution >= 4 is 29.9 Å². The number of pyridine rings is 1. The highest BCUT2D eigenvalue weighted by Gasteiger charge is 2.26. The third-order valence-corrected chi connectivity index (χ3v) is 5.31. The van der Waals surface area contributed by atoms with Crippen molar-refractivity contribution in [1.82, 2.24) is 4.98 Å². The number of nitrogens with one attached hydrogen (secondary N) is 1. The molecule has 7 nitrogen and oxygen atoms in total. The van der Waals surface area contributed by atoms with Crippen LogP contribution in [0.15, 0.2) is 41.5 Å². The molecule has 0 spiro atoms. The number of aromatic nitrogens is 1. The fourth-order valence-electron chi connectivity index (χ4n) is 3.73. The third kappa shape index (κ3) is 4.13. The second kappa shape index (κ2) is 8.03. The van der Waals surface area contributed by atoms with Crippen LogP contribution < -0.4 is 15.4 Å². The third-order valence-electron chi connectivity index (χ3n) is 5.31. The number of anilines is 2. The molecule has 7 heteroatoms. The molecule has 0 atom stereocenters. The smallest absolute Gasteiger partial charge is 0.228 e. The van der Waals surface area contributed by atoms with Gasteiger partial charge in [0.05, 0.1) is 17.9 Å². The van der Waals surface area contributed by atoms with Crippen LogP contribution in [0.3, 0.4) is 0 Å². The van der Waals surface area contributed by atoms with Crippen molar-refractivity contribution in [2.75, 3.05) is 23.7 Å². The summed E-state index contributed by atoms with van der Waals surface area (Å²) >= 11 is 0. The largest absolute Gasteiger partial charge is 0.491 e. The summed E-state index contributed by atoms with van der Waals surface area (Å²) in [5.74, 6) is 1.62. The molecule has 1 saturated heterocycles. The van der Waals surface area contributed by atoms with Crippen LogP contribution in [-0.2, 0) is 0 Å². The Hall–Kier alpha value is -3.22. The maximum atomic E-state index is 8.72. The molecule has 1 fully saturated rings. The lowest BCUT2D eigenvalue weighted by Crippen LogP contribution is -2.42. The topological polar surface area (TPSA) is 90.6 Å².